The predicted octanol–water partition coefficient (Wildman–Crippen LogP) is 4.87. The van der Waals surface area contributed by atoms with Gasteiger partial charge in [-0.05, 0) is 57.0 Å². The Morgan fingerprint density at radius 1 is 1.24 bits per heavy atom. The van der Waals surface area contributed by atoms with Gasteiger partial charge in [-0.3, -0.25) is 5.10 Å². The molecular weight excluding hydrogens is 414 g/mol. The minimum Gasteiger partial charge on any atom is -0.375 e. The fourth-order valence-corrected chi connectivity index (χ4v) is 3.97. The minimum absolute atomic E-state index is 0.159. The fraction of sp³-hybridized carbons (Fsp3) is 0.182. The fourth-order valence-electron chi connectivity index (χ4n) is 1.48. The Kier molecular flexibility index (Phi) is 4.27. The van der Waals surface area contributed by atoms with Gasteiger partial charge in [0.2, 0.25) is 0 Å². The summed E-state index contributed by atoms with van der Waals surface area (Å²) in [6.45, 7) is 2.08. The molecule has 1 atom stereocenters. The molecule has 2 N–H and O–H groups in total. The lowest BCUT2D eigenvalue weighted by molar-refractivity contribution is 0.824. The first-order chi connectivity index (χ1) is 8.08. The number of rotatable bonds is 3. The maximum Gasteiger partial charge on any atom is 0.0652 e. The number of H-pyrrole nitrogens is 1. The zero-order valence-electron chi connectivity index (χ0n) is 8.97. The number of halogens is 3. The van der Waals surface area contributed by atoms with Gasteiger partial charge in [-0.2, -0.15) is 5.10 Å². The summed E-state index contributed by atoms with van der Waals surface area (Å²) in [6, 6.07) is 6.13. The maximum atomic E-state index is 3.95. The van der Waals surface area contributed by atoms with E-state index in [9.17, 15) is 0 Å². The lowest BCUT2D eigenvalue weighted by Crippen LogP contribution is -2.08. The highest BCUT2D eigenvalue weighted by Gasteiger charge is 2.12. The molecule has 0 saturated heterocycles. The molecule has 2 aromatic rings. The van der Waals surface area contributed by atoms with Crippen LogP contribution in [-0.2, 0) is 0 Å². The van der Waals surface area contributed by atoms with E-state index in [-0.39, 0.29) is 6.04 Å². The van der Waals surface area contributed by atoms with Crippen LogP contribution in [0.4, 0.5) is 5.69 Å². The van der Waals surface area contributed by atoms with Crippen LogP contribution in [0, 0.1) is 0 Å². The molecule has 0 radical (unpaired) electrons. The Labute approximate surface area is 125 Å². The predicted molar refractivity (Wildman–Crippen MR) is 80.2 cm³/mol. The topological polar surface area (TPSA) is 40.7 Å². The molecule has 0 spiro atoms. The molecule has 0 saturated carbocycles. The van der Waals surface area contributed by atoms with Crippen LogP contribution in [0.15, 0.2) is 37.8 Å². The molecule has 90 valence electrons. The van der Waals surface area contributed by atoms with E-state index >= 15 is 0 Å². The van der Waals surface area contributed by atoms with E-state index < -0.39 is 0 Å². The van der Waals surface area contributed by atoms with Crippen LogP contribution < -0.4 is 5.32 Å². The second-order valence-electron chi connectivity index (χ2n) is 3.62. The van der Waals surface area contributed by atoms with E-state index in [1.54, 1.807) is 6.20 Å². The molecule has 17 heavy (non-hydrogen) atoms. The van der Waals surface area contributed by atoms with Gasteiger partial charge in [0.05, 0.1) is 17.4 Å². The van der Waals surface area contributed by atoms with E-state index in [0.29, 0.717) is 0 Å². The van der Waals surface area contributed by atoms with E-state index in [0.717, 1.165) is 24.8 Å². The zero-order valence-corrected chi connectivity index (χ0v) is 13.7. The molecular formula is C11H10Br3N3. The van der Waals surface area contributed by atoms with E-state index in [1.165, 1.54) is 0 Å². The van der Waals surface area contributed by atoms with Gasteiger partial charge in [0.25, 0.3) is 0 Å². The number of hydrogen-bond acceptors (Lipinski definition) is 2. The van der Waals surface area contributed by atoms with Crippen molar-refractivity contribution in [2.45, 2.75) is 13.0 Å². The molecule has 2 rings (SSSR count). The van der Waals surface area contributed by atoms with Gasteiger partial charge >= 0.3 is 0 Å². The van der Waals surface area contributed by atoms with Gasteiger partial charge in [-0.1, -0.05) is 15.9 Å². The molecule has 0 aliphatic rings. The summed E-state index contributed by atoms with van der Waals surface area (Å²) in [7, 11) is 0. The van der Waals surface area contributed by atoms with Gasteiger partial charge < -0.3 is 5.32 Å². The molecule has 1 aromatic carbocycles. The number of hydrogen-bond donors (Lipinski definition) is 2. The SMILES string of the molecule is CC(Nc1c(Br)cc(Br)cc1Br)c1ccn[nH]1. The van der Waals surface area contributed by atoms with E-state index in [2.05, 4.69) is 70.2 Å². The molecule has 1 aromatic heterocycles. The van der Waals surface area contributed by atoms with Gasteiger partial charge in [-0.15, -0.1) is 0 Å². The van der Waals surface area contributed by atoms with Crippen molar-refractivity contribution in [1.29, 1.82) is 0 Å². The van der Waals surface area contributed by atoms with Crippen molar-refractivity contribution in [1.82, 2.24) is 10.2 Å². The molecule has 3 nitrogen and oxygen atoms in total. The zero-order chi connectivity index (χ0) is 12.4. The summed E-state index contributed by atoms with van der Waals surface area (Å²) in [5.41, 5.74) is 2.07. The smallest absolute Gasteiger partial charge is 0.0652 e. The summed E-state index contributed by atoms with van der Waals surface area (Å²) < 4.78 is 3.03. The summed E-state index contributed by atoms with van der Waals surface area (Å²) in [5, 5.41) is 10.3. The van der Waals surface area contributed by atoms with Crippen molar-refractivity contribution in [3.05, 3.63) is 43.5 Å². The van der Waals surface area contributed by atoms with E-state index in [4.69, 9.17) is 0 Å². The Balaban J connectivity index is 2.25. The van der Waals surface area contributed by atoms with Crippen molar-refractivity contribution in [3.63, 3.8) is 0 Å². The van der Waals surface area contributed by atoms with Crippen LogP contribution in [0.1, 0.15) is 18.7 Å². The van der Waals surface area contributed by atoms with Gasteiger partial charge in [0.15, 0.2) is 0 Å². The number of nitrogens with zero attached hydrogens (tertiary/aromatic N) is 1. The second-order valence-corrected chi connectivity index (χ2v) is 6.25. The summed E-state index contributed by atoms with van der Waals surface area (Å²) in [5.74, 6) is 0. The molecule has 6 heteroatoms. The van der Waals surface area contributed by atoms with Gasteiger partial charge in [0, 0.05) is 19.6 Å². The molecule has 0 aliphatic heterocycles. The van der Waals surface area contributed by atoms with Crippen molar-refractivity contribution in [2.75, 3.05) is 5.32 Å². The van der Waals surface area contributed by atoms with Crippen LogP contribution in [0.2, 0.25) is 0 Å². The highest BCUT2D eigenvalue weighted by molar-refractivity contribution is 9.11. The summed E-state index contributed by atoms with van der Waals surface area (Å²) >= 11 is 10.5. The largest absolute Gasteiger partial charge is 0.375 e. The number of aromatic amines is 1. The monoisotopic (exact) mass is 421 g/mol. The number of anilines is 1. The van der Waals surface area contributed by atoms with Gasteiger partial charge in [-0.25, -0.2) is 0 Å². The molecule has 1 heterocycles. The first kappa shape index (κ1) is 13.1. The normalized spacial score (nSPS) is 12.5. The highest BCUT2D eigenvalue weighted by atomic mass is 79.9. The summed E-state index contributed by atoms with van der Waals surface area (Å²) in [4.78, 5) is 0. The third-order valence-electron chi connectivity index (χ3n) is 2.36. The Morgan fingerprint density at radius 3 is 2.41 bits per heavy atom. The third kappa shape index (κ3) is 3.11. The second kappa shape index (κ2) is 5.54. The van der Waals surface area contributed by atoms with Crippen LogP contribution in [0.5, 0.6) is 0 Å². The highest BCUT2D eigenvalue weighted by Crippen LogP contribution is 2.36. The summed E-state index contributed by atoms with van der Waals surface area (Å²) in [6.07, 6.45) is 1.75. The first-order valence-corrected chi connectivity index (χ1v) is 7.36. The Hall–Kier alpha value is -0.330. The maximum absolute atomic E-state index is 3.95. The molecule has 0 aliphatic carbocycles. The standard InChI is InChI=1S/C11H10Br3N3/c1-6(10-2-3-15-17-10)16-11-8(13)4-7(12)5-9(11)14/h2-6,16H,1H3,(H,15,17). The molecule has 0 amide bonds. The van der Waals surface area contributed by atoms with Crippen LogP contribution in [0.3, 0.4) is 0 Å². The van der Waals surface area contributed by atoms with Crippen LogP contribution in [-0.4, -0.2) is 10.2 Å². The number of aromatic nitrogens is 2. The third-order valence-corrected chi connectivity index (χ3v) is 4.07. The van der Waals surface area contributed by atoms with Crippen molar-refractivity contribution in [3.8, 4) is 0 Å². The quantitative estimate of drug-likeness (QED) is 0.739. The Morgan fingerprint density at radius 2 is 1.88 bits per heavy atom. The van der Waals surface area contributed by atoms with Crippen molar-refractivity contribution < 1.29 is 0 Å². The Bertz CT molecular complexity index is 488. The van der Waals surface area contributed by atoms with Gasteiger partial charge in [0.1, 0.15) is 0 Å². The van der Waals surface area contributed by atoms with Crippen molar-refractivity contribution in [2.24, 2.45) is 0 Å². The average molecular weight is 424 g/mol. The first-order valence-electron chi connectivity index (χ1n) is 4.98. The molecule has 0 fully saturated rings. The lowest BCUT2D eigenvalue weighted by atomic mass is 10.2. The number of benzene rings is 1. The van der Waals surface area contributed by atoms with Crippen LogP contribution >= 0.6 is 47.8 Å². The van der Waals surface area contributed by atoms with Crippen molar-refractivity contribution >= 4 is 53.5 Å². The molecule has 0 bridgehead atoms. The average Bonchev–Trinajstić information content (AvgIpc) is 2.76. The van der Waals surface area contributed by atoms with Crippen LogP contribution in [0.25, 0.3) is 0 Å². The number of nitrogens with one attached hydrogen (secondary N) is 2. The minimum atomic E-state index is 0.159. The molecule has 1 unspecified atom stereocenters. The van der Waals surface area contributed by atoms with E-state index in [1.807, 2.05) is 18.2 Å². The lowest BCUT2D eigenvalue weighted by Gasteiger charge is -2.16.